The molecule has 2 radical (unpaired) electrons. The highest BCUT2D eigenvalue weighted by molar-refractivity contribution is 6.33. The first-order valence-electron chi connectivity index (χ1n) is 2.89. The molecule has 0 aromatic carbocycles. The predicted molar refractivity (Wildman–Crippen MR) is 39.1 cm³/mol. The second kappa shape index (κ2) is 2.22. The third-order valence-electron chi connectivity index (χ3n) is 1.50. The van der Waals surface area contributed by atoms with Crippen LogP contribution >= 0.6 is 0 Å². The van der Waals surface area contributed by atoms with Gasteiger partial charge in [0.1, 0.15) is 7.85 Å². The Labute approximate surface area is 56.5 Å². The van der Waals surface area contributed by atoms with Gasteiger partial charge in [-0.1, -0.05) is 11.5 Å². The van der Waals surface area contributed by atoms with Gasteiger partial charge < -0.3 is 0 Å². The molecule has 0 fully saturated rings. The molecule has 0 unspecified atom stereocenters. The van der Waals surface area contributed by atoms with E-state index in [4.69, 9.17) is 7.85 Å². The number of pyridine rings is 1. The van der Waals surface area contributed by atoms with Crippen LogP contribution in [0, 0.1) is 13.8 Å². The Morgan fingerprint density at radius 3 is 2.56 bits per heavy atom. The minimum absolute atomic E-state index is 0.822. The highest BCUT2D eigenvalue weighted by Crippen LogP contribution is 1.95. The molecular formula is C7H8BN. The van der Waals surface area contributed by atoms with Gasteiger partial charge in [0.25, 0.3) is 0 Å². The Morgan fingerprint density at radius 2 is 2.11 bits per heavy atom. The fourth-order valence-corrected chi connectivity index (χ4v) is 0.660. The van der Waals surface area contributed by atoms with Crippen molar-refractivity contribution in [3.63, 3.8) is 0 Å². The standard InChI is InChI=1S/C7H8BN/c1-5-6(2)9-4-3-7(5)8/h3-4H,1-2H3. The summed E-state index contributed by atoms with van der Waals surface area (Å²) >= 11 is 0. The van der Waals surface area contributed by atoms with Crippen LogP contribution in [0.5, 0.6) is 0 Å². The molecule has 0 N–H and O–H groups in total. The molecule has 2 heteroatoms. The van der Waals surface area contributed by atoms with Crippen molar-refractivity contribution in [3.05, 3.63) is 23.5 Å². The van der Waals surface area contributed by atoms with Crippen molar-refractivity contribution in [2.45, 2.75) is 13.8 Å². The quantitative estimate of drug-likeness (QED) is 0.450. The minimum Gasteiger partial charge on any atom is -0.261 e. The van der Waals surface area contributed by atoms with Gasteiger partial charge in [0.15, 0.2) is 0 Å². The first kappa shape index (κ1) is 6.34. The summed E-state index contributed by atoms with van der Waals surface area (Å²) in [5.41, 5.74) is 2.91. The summed E-state index contributed by atoms with van der Waals surface area (Å²) in [4.78, 5) is 4.06. The Morgan fingerprint density at radius 1 is 1.44 bits per heavy atom. The zero-order valence-electron chi connectivity index (χ0n) is 5.68. The van der Waals surface area contributed by atoms with Gasteiger partial charge in [-0.15, -0.1) is 0 Å². The summed E-state index contributed by atoms with van der Waals surface area (Å²) in [5.74, 6) is 0. The molecule has 1 heterocycles. The van der Waals surface area contributed by atoms with E-state index in [0.717, 1.165) is 16.7 Å². The van der Waals surface area contributed by atoms with Crippen LogP contribution in [0.1, 0.15) is 11.3 Å². The SMILES string of the molecule is [B]c1ccnc(C)c1C. The smallest absolute Gasteiger partial charge is 0.114 e. The lowest BCUT2D eigenvalue weighted by atomic mass is 9.92. The van der Waals surface area contributed by atoms with E-state index in [1.54, 1.807) is 6.20 Å². The van der Waals surface area contributed by atoms with Crippen molar-refractivity contribution >= 4 is 13.3 Å². The molecule has 1 aromatic rings. The van der Waals surface area contributed by atoms with E-state index in [-0.39, 0.29) is 0 Å². The largest absolute Gasteiger partial charge is 0.261 e. The fourth-order valence-electron chi connectivity index (χ4n) is 0.660. The third kappa shape index (κ3) is 1.12. The van der Waals surface area contributed by atoms with Crippen LogP contribution in [0.4, 0.5) is 0 Å². The van der Waals surface area contributed by atoms with Crippen molar-refractivity contribution in [1.29, 1.82) is 0 Å². The first-order chi connectivity index (χ1) is 4.22. The van der Waals surface area contributed by atoms with Gasteiger partial charge >= 0.3 is 0 Å². The molecule has 9 heavy (non-hydrogen) atoms. The molecule has 1 aromatic heterocycles. The van der Waals surface area contributed by atoms with E-state index in [2.05, 4.69) is 4.98 Å². The topological polar surface area (TPSA) is 12.9 Å². The maximum atomic E-state index is 5.58. The lowest BCUT2D eigenvalue weighted by molar-refractivity contribution is 1.16. The highest BCUT2D eigenvalue weighted by atomic mass is 14.7. The van der Waals surface area contributed by atoms with Gasteiger partial charge in [0.05, 0.1) is 0 Å². The molecule has 0 spiro atoms. The summed E-state index contributed by atoms with van der Waals surface area (Å²) in [6, 6.07) is 1.81. The number of aryl methyl sites for hydroxylation is 1. The van der Waals surface area contributed by atoms with Crippen LogP contribution in [0.3, 0.4) is 0 Å². The van der Waals surface area contributed by atoms with Gasteiger partial charge in [-0.3, -0.25) is 4.98 Å². The molecule has 0 aliphatic carbocycles. The molecule has 0 atom stereocenters. The summed E-state index contributed by atoms with van der Waals surface area (Å²) in [7, 11) is 5.58. The molecule has 0 aliphatic heterocycles. The lowest BCUT2D eigenvalue weighted by Gasteiger charge is -2.00. The second-order valence-electron chi connectivity index (χ2n) is 2.11. The average Bonchev–Trinajstić information content (AvgIpc) is 1.83. The molecule has 1 nitrogen and oxygen atoms in total. The van der Waals surface area contributed by atoms with Crippen LogP contribution in [-0.2, 0) is 0 Å². The van der Waals surface area contributed by atoms with Crippen LogP contribution in [0.15, 0.2) is 12.3 Å². The molecule has 44 valence electrons. The highest BCUT2D eigenvalue weighted by Gasteiger charge is 1.92. The van der Waals surface area contributed by atoms with E-state index < -0.39 is 0 Å². The summed E-state index contributed by atoms with van der Waals surface area (Å²) in [6.07, 6.45) is 1.72. The molecule has 0 saturated heterocycles. The maximum absolute atomic E-state index is 5.58. The summed E-state index contributed by atoms with van der Waals surface area (Å²) in [5, 5.41) is 0. The van der Waals surface area contributed by atoms with E-state index in [9.17, 15) is 0 Å². The normalized spacial score (nSPS) is 9.56. The van der Waals surface area contributed by atoms with E-state index in [0.29, 0.717) is 0 Å². The number of hydrogen-bond acceptors (Lipinski definition) is 1. The van der Waals surface area contributed by atoms with E-state index in [1.165, 1.54) is 0 Å². The Balaban J connectivity index is 3.25. The zero-order valence-corrected chi connectivity index (χ0v) is 5.68. The van der Waals surface area contributed by atoms with Crippen molar-refractivity contribution < 1.29 is 0 Å². The Bertz CT molecular complexity index is 200. The molecule has 0 saturated carbocycles. The van der Waals surface area contributed by atoms with Gasteiger partial charge in [-0.2, -0.15) is 0 Å². The Hall–Kier alpha value is -0.785. The fraction of sp³-hybridized carbons (Fsp3) is 0.286. The van der Waals surface area contributed by atoms with E-state index in [1.807, 2.05) is 19.9 Å². The van der Waals surface area contributed by atoms with Crippen molar-refractivity contribution in [2.75, 3.05) is 0 Å². The molecule has 0 amide bonds. The zero-order chi connectivity index (χ0) is 6.85. The van der Waals surface area contributed by atoms with E-state index >= 15 is 0 Å². The van der Waals surface area contributed by atoms with Gasteiger partial charge in [-0.25, -0.2) is 0 Å². The number of hydrogen-bond donors (Lipinski definition) is 0. The predicted octanol–water partition coefficient (Wildman–Crippen LogP) is 0.492. The molecule has 0 bridgehead atoms. The van der Waals surface area contributed by atoms with Crippen LogP contribution < -0.4 is 5.46 Å². The molecule has 1 rings (SSSR count). The lowest BCUT2D eigenvalue weighted by Crippen LogP contribution is -2.08. The van der Waals surface area contributed by atoms with Gasteiger partial charge in [-0.05, 0) is 19.4 Å². The van der Waals surface area contributed by atoms with Crippen molar-refractivity contribution in [1.82, 2.24) is 4.98 Å². The third-order valence-corrected chi connectivity index (χ3v) is 1.50. The second-order valence-corrected chi connectivity index (χ2v) is 2.11. The summed E-state index contributed by atoms with van der Waals surface area (Å²) < 4.78 is 0. The summed E-state index contributed by atoms with van der Waals surface area (Å²) in [6.45, 7) is 3.92. The maximum Gasteiger partial charge on any atom is 0.114 e. The first-order valence-corrected chi connectivity index (χ1v) is 2.89. The molecule has 0 aliphatic rings. The van der Waals surface area contributed by atoms with Gasteiger partial charge in [0, 0.05) is 11.9 Å². The minimum atomic E-state index is 0.822. The number of aromatic nitrogens is 1. The van der Waals surface area contributed by atoms with Crippen molar-refractivity contribution in [3.8, 4) is 0 Å². The van der Waals surface area contributed by atoms with Crippen molar-refractivity contribution in [2.24, 2.45) is 0 Å². The van der Waals surface area contributed by atoms with Crippen LogP contribution in [0.2, 0.25) is 0 Å². The monoisotopic (exact) mass is 117 g/mol. The number of nitrogens with zero attached hydrogens (tertiary/aromatic N) is 1. The average molecular weight is 117 g/mol. The van der Waals surface area contributed by atoms with Crippen LogP contribution in [-0.4, -0.2) is 12.8 Å². The van der Waals surface area contributed by atoms with Crippen LogP contribution in [0.25, 0.3) is 0 Å². The Kier molecular flexibility index (Phi) is 1.56. The molecular weight excluding hydrogens is 109 g/mol. The van der Waals surface area contributed by atoms with Gasteiger partial charge in [0.2, 0.25) is 0 Å². The number of rotatable bonds is 0.